The van der Waals surface area contributed by atoms with Gasteiger partial charge in [0.2, 0.25) is 0 Å². The molecule has 2 nitrogen and oxygen atoms in total. The van der Waals surface area contributed by atoms with Gasteiger partial charge in [-0.05, 0) is 53.7 Å². The lowest BCUT2D eigenvalue weighted by Crippen LogP contribution is -2.26. The Bertz CT molecular complexity index is 435. The second kappa shape index (κ2) is 5.63. The fraction of sp³-hybridized carbons (Fsp3) is 0.538. The van der Waals surface area contributed by atoms with Crippen LogP contribution < -0.4 is 0 Å². The first kappa shape index (κ1) is 13.9. The van der Waals surface area contributed by atoms with Crippen molar-refractivity contribution in [2.75, 3.05) is 6.61 Å². The Labute approximate surface area is 113 Å². The highest BCUT2D eigenvalue weighted by Crippen LogP contribution is 2.41. The Kier molecular flexibility index (Phi) is 4.35. The van der Waals surface area contributed by atoms with E-state index in [0.717, 1.165) is 18.9 Å². The van der Waals surface area contributed by atoms with Crippen LogP contribution in [-0.4, -0.2) is 17.8 Å². The van der Waals surface area contributed by atoms with Crippen molar-refractivity contribution >= 4 is 15.9 Å². The maximum absolute atomic E-state index is 13.9. The summed E-state index contributed by atoms with van der Waals surface area (Å²) in [6, 6.07) is 2.43. The van der Waals surface area contributed by atoms with Crippen LogP contribution in [-0.2, 0) is 4.74 Å². The van der Waals surface area contributed by atoms with Gasteiger partial charge in [0.05, 0.1) is 16.1 Å². The quantitative estimate of drug-likeness (QED) is 0.840. The van der Waals surface area contributed by atoms with E-state index in [1.54, 1.807) is 6.92 Å². The number of ether oxygens (including phenoxy) is 1. The Morgan fingerprint density at radius 3 is 2.67 bits per heavy atom. The molecule has 0 spiro atoms. The van der Waals surface area contributed by atoms with Crippen LogP contribution in [0.5, 0.6) is 0 Å². The molecule has 1 aliphatic carbocycles. The molecule has 0 saturated heterocycles. The summed E-state index contributed by atoms with van der Waals surface area (Å²) in [7, 11) is 0. The van der Waals surface area contributed by atoms with Gasteiger partial charge in [-0.25, -0.2) is 8.78 Å². The number of aliphatic hydroxyl groups is 1. The van der Waals surface area contributed by atoms with Crippen LogP contribution in [0.1, 0.15) is 31.4 Å². The Balaban J connectivity index is 2.31. The molecule has 0 amide bonds. The number of hydrogen-bond acceptors (Lipinski definition) is 2. The van der Waals surface area contributed by atoms with Gasteiger partial charge in [-0.1, -0.05) is 0 Å². The average Bonchev–Trinajstić information content (AvgIpc) is 3.15. The highest BCUT2D eigenvalue weighted by Gasteiger charge is 2.39. The van der Waals surface area contributed by atoms with Crippen LogP contribution in [0.3, 0.4) is 0 Å². The van der Waals surface area contributed by atoms with E-state index in [4.69, 9.17) is 4.74 Å². The highest BCUT2D eigenvalue weighted by molar-refractivity contribution is 9.10. The SMILES string of the molecule is CCOC(C1CC1)C(O)c1c(F)ccc(Br)c1F. The molecule has 1 aromatic rings. The highest BCUT2D eigenvalue weighted by atomic mass is 79.9. The molecule has 0 bridgehead atoms. The van der Waals surface area contributed by atoms with E-state index in [1.807, 2.05) is 0 Å². The lowest BCUT2D eigenvalue weighted by Gasteiger charge is -2.24. The molecule has 5 heteroatoms. The molecule has 1 saturated carbocycles. The van der Waals surface area contributed by atoms with E-state index in [1.165, 1.54) is 6.07 Å². The first-order valence-corrected chi connectivity index (χ1v) is 6.78. The van der Waals surface area contributed by atoms with E-state index in [0.29, 0.717) is 6.61 Å². The first-order valence-electron chi connectivity index (χ1n) is 5.99. The van der Waals surface area contributed by atoms with Gasteiger partial charge in [0, 0.05) is 6.61 Å². The van der Waals surface area contributed by atoms with Gasteiger partial charge in [-0.2, -0.15) is 0 Å². The zero-order valence-corrected chi connectivity index (χ0v) is 11.6. The van der Waals surface area contributed by atoms with Crippen molar-refractivity contribution < 1.29 is 18.6 Å². The number of halogens is 3. The Morgan fingerprint density at radius 1 is 1.44 bits per heavy atom. The van der Waals surface area contributed by atoms with Crippen molar-refractivity contribution in [2.24, 2.45) is 5.92 Å². The zero-order valence-electron chi connectivity index (χ0n) is 10.00. The summed E-state index contributed by atoms with van der Waals surface area (Å²) in [5.74, 6) is -1.31. The van der Waals surface area contributed by atoms with E-state index in [-0.39, 0.29) is 16.0 Å². The van der Waals surface area contributed by atoms with Crippen LogP contribution in [0, 0.1) is 17.6 Å². The molecule has 1 aromatic carbocycles. The molecule has 1 fully saturated rings. The van der Waals surface area contributed by atoms with Crippen molar-refractivity contribution in [1.29, 1.82) is 0 Å². The third-order valence-electron chi connectivity index (χ3n) is 3.13. The molecular formula is C13H15BrF2O2. The lowest BCUT2D eigenvalue weighted by molar-refractivity contribution is -0.0488. The van der Waals surface area contributed by atoms with Gasteiger partial charge in [-0.3, -0.25) is 0 Å². The van der Waals surface area contributed by atoms with Gasteiger partial charge in [0.1, 0.15) is 17.7 Å². The largest absolute Gasteiger partial charge is 0.385 e. The minimum atomic E-state index is -1.27. The average molecular weight is 321 g/mol. The lowest BCUT2D eigenvalue weighted by atomic mass is 10.00. The summed E-state index contributed by atoms with van der Waals surface area (Å²) in [4.78, 5) is 0. The summed E-state index contributed by atoms with van der Waals surface area (Å²) < 4.78 is 33.2. The Hall–Kier alpha value is -0.520. The smallest absolute Gasteiger partial charge is 0.146 e. The van der Waals surface area contributed by atoms with Crippen LogP contribution >= 0.6 is 15.9 Å². The standard InChI is InChI=1S/C13H15BrF2O2/c1-2-18-13(7-3-4-7)12(17)10-9(15)6-5-8(14)11(10)16/h5-7,12-13,17H,2-4H2,1H3. The van der Waals surface area contributed by atoms with Crippen molar-refractivity contribution in [2.45, 2.75) is 32.0 Å². The second-order valence-electron chi connectivity index (χ2n) is 4.46. The van der Waals surface area contributed by atoms with Crippen molar-refractivity contribution in [1.82, 2.24) is 0 Å². The molecule has 1 aliphatic rings. The minimum absolute atomic E-state index is 0.143. The molecule has 2 atom stereocenters. The van der Waals surface area contributed by atoms with E-state index in [9.17, 15) is 13.9 Å². The molecule has 2 unspecified atom stereocenters. The van der Waals surface area contributed by atoms with E-state index in [2.05, 4.69) is 15.9 Å². The van der Waals surface area contributed by atoms with Gasteiger partial charge in [0.25, 0.3) is 0 Å². The number of rotatable bonds is 5. The van der Waals surface area contributed by atoms with Crippen molar-refractivity contribution in [3.8, 4) is 0 Å². The summed E-state index contributed by atoms with van der Waals surface area (Å²) in [5, 5.41) is 10.2. The van der Waals surface area contributed by atoms with Gasteiger partial charge in [0.15, 0.2) is 0 Å². The molecule has 1 N–H and O–H groups in total. The van der Waals surface area contributed by atoms with Gasteiger partial charge < -0.3 is 9.84 Å². The summed E-state index contributed by atoms with van der Waals surface area (Å²) in [6.07, 6.45) is 0.0565. The fourth-order valence-electron chi connectivity index (χ4n) is 2.08. The monoisotopic (exact) mass is 320 g/mol. The van der Waals surface area contributed by atoms with Crippen molar-refractivity contribution in [3.05, 3.63) is 33.8 Å². The summed E-state index contributed by atoms with van der Waals surface area (Å²) in [5.41, 5.74) is -0.310. The topological polar surface area (TPSA) is 29.5 Å². The number of hydrogen-bond donors (Lipinski definition) is 1. The molecular weight excluding hydrogens is 306 g/mol. The molecule has 0 aromatic heterocycles. The van der Waals surface area contributed by atoms with Crippen LogP contribution in [0.4, 0.5) is 8.78 Å². The second-order valence-corrected chi connectivity index (χ2v) is 5.31. The summed E-state index contributed by atoms with van der Waals surface area (Å²) in [6.45, 7) is 2.21. The Morgan fingerprint density at radius 2 is 2.11 bits per heavy atom. The third-order valence-corrected chi connectivity index (χ3v) is 3.74. The minimum Gasteiger partial charge on any atom is -0.385 e. The van der Waals surface area contributed by atoms with E-state index < -0.39 is 23.8 Å². The van der Waals surface area contributed by atoms with Crippen LogP contribution in [0.25, 0.3) is 0 Å². The predicted octanol–water partition coefficient (Wildman–Crippen LogP) is 3.58. The number of aliphatic hydroxyl groups excluding tert-OH is 1. The molecule has 0 heterocycles. The van der Waals surface area contributed by atoms with Gasteiger partial charge >= 0.3 is 0 Å². The molecule has 18 heavy (non-hydrogen) atoms. The zero-order chi connectivity index (χ0) is 13.3. The first-order chi connectivity index (χ1) is 8.56. The molecule has 100 valence electrons. The maximum atomic E-state index is 13.9. The van der Waals surface area contributed by atoms with Crippen molar-refractivity contribution in [3.63, 3.8) is 0 Å². The van der Waals surface area contributed by atoms with Crippen LogP contribution in [0.2, 0.25) is 0 Å². The molecule has 0 radical (unpaired) electrons. The maximum Gasteiger partial charge on any atom is 0.146 e. The fourth-order valence-corrected chi connectivity index (χ4v) is 2.43. The predicted molar refractivity (Wildman–Crippen MR) is 67.2 cm³/mol. The summed E-state index contributed by atoms with van der Waals surface area (Å²) >= 11 is 3.00. The van der Waals surface area contributed by atoms with E-state index >= 15 is 0 Å². The number of benzene rings is 1. The normalized spacial score (nSPS) is 18.7. The molecule has 2 rings (SSSR count). The van der Waals surface area contributed by atoms with Crippen LogP contribution in [0.15, 0.2) is 16.6 Å². The third kappa shape index (κ3) is 2.73. The van der Waals surface area contributed by atoms with Gasteiger partial charge in [-0.15, -0.1) is 0 Å². The molecule has 0 aliphatic heterocycles.